The van der Waals surface area contributed by atoms with Crippen LogP contribution in [0.25, 0.3) is 0 Å². The minimum absolute atomic E-state index is 0.0418. The number of halogens is 1. The van der Waals surface area contributed by atoms with Crippen molar-refractivity contribution in [1.29, 1.82) is 0 Å². The highest BCUT2D eigenvalue weighted by Crippen LogP contribution is 2.58. The Morgan fingerprint density at radius 1 is 1.14 bits per heavy atom. The van der Waals surface area contributed by atoms with Crippen molar-refractivity contribution < 1.29 is 18.7 Å². The van der Waals surface area contributed by atoms with Crippen molar-refractivity contribution in [3.05, 3.63) is 83.8 Å². The van der Waals surface area contributed by atoms with Crippen molar-refractivity contribution in [3.63, 3.8) is 0 Å². The maximum atomic E-state index is 13.5. The lowest BCUT2D eigenvalue weighted by molar-refractivity contribution is -0.123. The van der Waals surface area contributed by atoms with E-state index in [0.29, 0.717) is 23.9 Å². The molecule has 3 aromatic rings. The number of carbonyl (C=O) groups excluding carboxylic acids is 1. The number of carbonyl (C=O) groups is 1. The Balaban J connectivity index is 1.17. The Morgan fingerprint density at radius 2 is 2.00 bits per heavy atom. The molecule has 2 aliphatic rings. The van der Waals surface area contributed by atoms with Crippen molar-refractivity contribution >= 4 is 5.91 Å². The first-order chi connectivity index (χ1) is 13.7. The SMILES string of the molecule is O=C(NCc1ccc(Oc2ccccn2)cc1)C1C2Oc3ccc(F)cc3C21. The molecule has 6 heteroatoms. The summed E-state index contributed by atoms with van der Waals surface area (Å²) in [4.78, 5) is 16.6. The van der Waals surface area contributed by atoms with Crippen molar-refractivity contribution in [2.45, 2.75) is 18.6 Å². The first kappa shape index (κ1) is 16.7. The van der Waals surface area contributed by atoms with E-state index in [2.05, 4.69) is 10.3 Å². The van der Waals surface area contributed by atoms with Crippen molar-refractivity contribution in [3.8, 4) is 17.4 Å². The Bertz CT molecular complexity index is 1020. The number of hydrogen-bond acceptors (Lipinski definition) is 4. The molecule has 1 aromatic heterocycles. The first-order valence-corrected chi connectivity index (χ1v) is 9.11. The lowest BCUT2D eigenvalue weighted by Crippen LogP contribution is -2.27. The molecule has 5 nitrogen and oxygen atoms in total. The summed E-state index contributed by atoms with van der Waals surface area (Å²) in [5.41, 5.74) is 1.75. The zero-order chi connectivity index (χ0) is 19.1. The normalized spacial score (nSPS) is 21.2. The molecular formula is C22H17FN2O3. The number of rotatable bonds is 5. The zero-order valence-electron chi connectivity index (χ0n) is 14.8. The molecule has 1 fully saturated rings. The number of pyridine rings is 1. The van der Waals surface area contributed by atoms with E-state index in [1.54, 1.807) is 18.3 Å². The van der Waals surface area contributed by atoms with Gasteiger partial charge in [-0.3, -0.25) is 4.79 Å². The Labute approximate surface area is 161 Å². The van der Waals surface area contributed by atoms with Gasteiger partial charge in [-0.15, -0.1) is 0 Å². The fourth-order valence-electron chi connectivity index (χ4n) is 3.66. The molecule has 0 bridgehead atoms. The monoisotopic (exact) mass is 376 g/mol. The molecule has 3 atom stereocenters. The van der Waals surface area contributed by atoms with Gasteiger partial charge in [-0.2, -0.15) is 0 Å². The molecular weight excluding hydrogens is 359 g/mol. The largest absolute Gasteiger partial charge is 0.489 e. The van der Waals surface area contributed by atoms with Crippen LogP contribution in [0, 0.1) is 11.7 Å². The van der Waals surface area contributed by atoms with Gasteiger partial charge in [0, 0.05) is 30.3 Å². The van der Waals surface area contributed by atoms with Gasteiger partial charge < -0.3 is 14.8 Å². The summed E-state index contributed by atoms with van der Waals surface area (Å²) in [7, 11) is 0. The van der Waals surface area contributed by atoms with Crippen molar-refractivity contribution in [2.75, 3.05) is 0 Å². The maximum Gasteiger partial charge on any atom is 0.227 e. The van der Waals surface area contributed by atoms with Crippen LogP contribution in [0.2, 0.25) is 0 Å². The van der Waals surface area contributed by atoms with Gasteiger partial charge >= 0.3 is 0 Å². The number of nitrogens with one attached hydrogen (secondary N) is 1. The molecule has 28 heavy (non-hydrogen) atoms. The number of fused-ring (bicyclic) bond motifs is 3. The third-order valence-electron chi connectivity index (χ3n) is 5.10. The van der Waals surface area contributed by atoms with E-state index >= 15 is 0 Å². The topological polar surface area (TPSA) is 60.5 Å². The van der Waals surface area contributed by atoms with Gasteiger partial charge in [-0.25, -0.2) is 9.37 Å². The molecule has 5 rings (SSSR count). The second-order valence-electron chi connectivity index (χ2n) is 6.95. The van der Waals surface area contributed by atoms with E-state index in [-0.39, 0.29) is 29.7 Å². The summed E-state index contributed by atoms with van der Waals surface area (Å²) in [6, 6.07) is 17.4. The van der Waals surface area contributed by atoms with E-state index in [1.807, 2.05) is 36.4 Å². The van der Waals surface area contributed by atoms with E-state index in [0.717, 1.165) is 11.1 Å². The first-order valence-electron chi connectivity index (χ1n) is 9.11. The fraction of sp³-hybridized carbons (Fsp3) is 0.182. The summed E-state index contributed by atoms with van der Waals surface area (Å²) < 4.78 is 24.9. The third kappa shape index (κ3) is 3.07. The van der Waals surface area contributed by atoms with Crippen LogP contribution in [-0.4, -0.2) is 17.0 Å². The minimum Gasteiger partial charge on any atom is -0.489 e. The van der Waals surface area contributed by atoms with Gasteiger partial charge in [0.25, 0.3) is 0 Å². The number of amides is 1. The maximum absolute atomic E-state index is 13.5. The Morgan fingerprint density at radius 3 is 2.79 bits per heavy atom. The molecule has 2 aromatic carbocycles. The van der Waals surface area contributed by atoms with Crippen LogP contribution in [-0.2, 0) is 11.3 Å². The standard InChI is InChI=1S/C22H17FN2O3/c23-14-6-9-17-16(11-14)19-20(21(19)28-17)22(26)25-12-13-4-7-15(8-5-13)27-18-3-1-2-10-24-18/h1-11,19-21H,12H2,(H,25,26). The predicted octanol–water partition coefficient (Wildman–Crippen LogP) is 3.80. The molecule has 1 aliphatic carbocycles. The lowest BCUT2D eigenvalue weighted by Gasteiger charge is -2.10. The van der Waals surface area contributed by atoms with Gasteiger partial charge in [0.15, 0.2) is 0 Å². The van der Waals surface area contributed by atoms with Crippen LogP contribution < -0.4 is 14.8 Å². The van der Waals surface area contributed by atoms with Crippen LogP contribution in [0.3, 0.4) is 0 Å². The smallest absolute Gasteiger partial charge is 0.227 e. The van der Waals surface area contributed by atoms with Crippen LogP contribution in [0.4, 0.5) is 4.39 Å². The highest BCUT2D eigenvalue weighted by atomic mass is 19.1. The molecule has 1 amide bonds. The molecule has 0 saturated heterocycles. The van der Waals surface area contributed by atoms with Gasteiger partial charge in [-0.05, 0) is 42.0 Å². The highest BCUT2D eigenvalue weighted by molar-refractivity contribution is 5.85. The summed E-state index contributed by atoms with van der Waals surface area (Å²) >= 11 is 0. The van der Waals surface area contributed by atoms with Crippen molar-refractivity contribution in [1.82, 2.24) is 10.3 Å². The summed E-state index contributed by atoms with van der Waals surface area (Å²) in [5.74, 6) is 1.23. The van der Waals surface area contributed by atoms with Crippen LogP contribution in [0.15, 0.2) is 66.9 Å². The third-order valence-corrected chi connectivity index (χ3v) is 5.10. The van der Waals surface area contributed by atoms with Crippen LogP contribution in [0.5, 0.6) is 17.4 Å². The zero-order valence-corrected chi connectivity index (χ0v) is 14.8. The van der Waals surface area contributed by atoms with E-state index in [4.69, 9.17) is 9.47 Å². The molecule has 3 unspecified atom stereocenters. The molecule has 140 valence electrons. The predicted molar refractivity (Wildman–Crippen MR) is 99.6 cm³/mol. The van der Waals surface area contributed by atoms with Crippen LogP contribution >= 0.6 is 0 Å². The van der Waals surface area contributed by atoms with Crippen molar-refractivity contribution in [2.24, 2.45) is 5.92 Å². The lowest BCUT2D eigenvalue weighted by atomic mass is 10.1. The summed E-state index contributed by atoms with van der Waals surface area (Å²) in [5, 5.41) is 2.94. The van der Waals surface area contributed by atoms with Gasteiger partial charge in [0.2, 0.25) is 11.8 Å². The summed E-state index contributed by atoms with van der Waals surface area (Å²) in [6.45, 7) is 0.411. The van der Waals surface area contributed by atoms with Crippen LogP contribution in [0.1, 0.15) is 17.0 Å². The molecule has 1 saturated carbocycles. The quantitative estimate of drug-likeness (QED) is 0.736. The molecule has 2 heterocycles. The molecule has 1 N–H and O–H groups in total. The van der Waals surface area contributed by atoms with Gasteiger partial charge in [0.05, 0.1) is 5.92 Å². The van der Waals surface area contributed by atoms with E-state index in [9.17, 15) is 9.18 Å². The number of ether oxygens (including phenoxy) is 2. The average molecular weight is 376 g/mol. The molecule has 0 radical (unpaired) electrons. The minimum atomic E-state index is -0.304. The van der Waals surface area contributed by atoms with E-state index < -0.39 is 0 Å². The number of hydrogen-bond donors (Lipinski definition) is 1. The number of benzene rings is 2. The highest BCUT2D eigenvalue weighted by Gasteiger charge is 2.62. The second kappa shape index (κ2) is 6.64. The van der Waals surface area contributed by atoms with Gasteiger partial charge in [-0.1, -0.05) is 18.2 Å². The second-order valence-corrected chi connectivity index (χ2v) is 6.95. The van der Waals surface area contributed by atoms with E-state index in [1.165, 1.54) is 12.1 Å². The molecule has 0 spiro atoms. The number of nitrogens with zero attached hydrogens (tertiary/aromatic N) is 1. The Hall–Kier alpha value is -3.41. The van der Waals surface area contributed by atoms with Gasteiger partial charge in [0.1, 0.15) is 23.4 Å². The number of aromatic nitrogens is 1. The fourth-order valence-corrected chi connectivity index (χ4v) is 3.66. The average Bonchev–Trinajstić information content (AvgIpc) is 3.32. The molecule has 1 aliphatic heterocycles. The Kier molecular flexibility index (Phi) is 3.97. The summed E-state index contributed by atoms with van der Waals surface area (Å²) in [6.07, 6.45) is 1.49.